The summed E-state index contributed by atoms with van der Waals surface area (Å²) < 4.78 is 0. The molecule has 7 aromatic rings. The Hall–Kier alpha value is -4.43. The molecule has 0 saturated heterocycles. The number of rotatable bonds is 4. The van der Waals surface area contributed by atoms with E-state index in [9.17, 15) is 0 Å². The van der Waals surface area contributed by atoms with Gasteiger partial charge in [0.05, 0.1) is 0 Å². The van der Waals surface area contributed by atoms with Gasteiger partial charge in [-0.1, -0.05) is 110 Å². The zero-order valence-corrected chi connectivity index (χ0v) is 29.5. The van der Waals surface area contributed by atoms with Crippen molar-refractivity contribution in [1.29, 1.82) is 0 Å². The predicted molar refractivity (Wildman–Crippen MR) is 190 cm³/mol. The van der Waals surface area contributed by atoms with Gasteiger partial charge in [0.25, 0.3) is 0 Å². The fraction of sp³-hybridized carbons (Fsp3) is 0.163. The Labute approximate surface area is 287 Å². The summed E-state index contributed by atoms with van der Waals surface area (Å²) in [7, 11) is 0. The Bertz CT molecular complexity index is 2060. The molecule has 0 fully saturated rings. The molecule has 1 radical (unpaired) electrons. The Morgan fingerprint density at radius 2 is 1.33 bits per heavy atom. The second kappa shape index (κ2) is 14.3. The average molecular weight is 775 g/mol. The van der Waals surface area contributed by atoms with Crippen LogP contribution in [0.1, 0.15) is 37.5 Å². The van der Waals surface area contributed by atoms with Crippen LogP contribution in [-0.4, -0.2) is 9.97 Å². The van der Waals surface area contributed by atoms with Crippen molar-refractivity contribution in [2.24, 2.45) is 5.41 Å². The van der Waals surface area contributed by atoms with Gasteiger partial charge in [-0.05, 0) is 69.7 Å². The number of benzene rings is 5. The van der Waals surface area contributed by atoms with Gasteiger partial charge in [0, 0.05) is 32.5 Å². The van der Waals surface area contributed by atoms with Gasteiger partial charge in [-0.25, -0.2) is 0 Å². The summed E-state index contributed by atoms with van der Waals surface area (Å²) >= 11 is 0. The zero-order chi connectivity index (χ0) is 31.4. The summed E-state index contributed by atoms with van der Waals surface area (Å²) in [5, 5.41) is 5.12. The summed E-state index contributed by atoms with van der Waals surface area (Å²) in [5.41, 5.74) is 10.5. The third-order valence-corrected chi connectivity index (χ3v) is 8.00. The second-order valence-corrected chi connectivity index (χ2v) is 12.9. The van der Waals surface area contributed by atoms with Gasteiger partial charge in [0.15, 0.2) is 0 Å². The summed E-state index contributed by atoms with van der Waals surface area (Å²) in [6, 6.07) is 46.9. The molecular weight excluding hydrogens is 737 g/mol. The van der Waals surface area contributed by atoms with Crippen molar-refractivity contribution in [2.45, 2.75) is 41.0 Å². The molecule has 0 spiro atoms. The van der Waals surface area contributed by atoms with Crippen LogP contribution < -0.4 is 0 Å². The molecule has 0 N–H and O–H groups in total. The number of hydrogen-bond donors (Lipinski definition) is 0. The monoisotopic (exact) mass is 775 g/mol. The number of aryl methyl sites for hydroxylation is 2. The van der Waals surface area contributed by atoms with Gasteiger partial charge >= 0.3 is 0 Å². The third-order valence-electron chi connectivity index (χ3n) is 8.00. The zero-order valence-electron chi connectivity index (χ0n) is 27.1. The first-order chi connectivity index (χ1) is 21.7. The molecule has 0 bridgehead atoms. The molecule has 231 valence electrons. The van der Waals surface area contributed by atoms with E-state index in [1.54, 1.807) is 0 Å². The molecule has 2 nitrogen and oxygen atoms in total. The van der Waals surface area contributed by atoms with E-state index in [4.69, 9.17) is 4.98 Å². The van der Waals surface area contributed by atoms with Crippen molar-refractivity contribution in [1.82, 2.24) is 9.97 Å². The topological polar surface area (TPSA) is 25.8 Å². The van der Waals surface area contributed by atoms with E-state index >= 15 is 0 Å². The van der Waals surface area contributed by atoms with Crippen molar-refractivity contribution in [2.75, 3.05) is 0 Å². The van der Waals surface area contributed by atoms with E-state index in [2.05, 4.69) is 130 Å². The van der Waals surface area contributed by atoms with Crippen LogP contribution >= 0.6 is 0 Å². The van der Waals surface area contributed by atoms with Crippen LogP contribution in [0.2, 0.25) is 0 Å². The molecule has 0 amide bonds. The van der Waals surface area contributed by atoms with Crippen molar-refractivity contribution in [3.63, 3.8) is 0 Å². The van der Waals surface area contributed by atoms with Gasteiger partial charge in [0.2, 0.25) is 0 Å². The Kier molecular flexibility index (Phi) is 10.3. The van der Waals surface area contributed by atoms with Gasteiger partial charge in [-0.3, -0.25) is 0 Å². The quantitative estimate of drug-likeness (QED) is 0.131. The van der Waals surface area contributed by atoms with E-state index in [0.717, 1.165) is 28.9 Å². The smallest absolute Gasteiger partial charge is 0.0192 e. The first-order valence-corrected chi connectivity index (χ1v) is 15.5. The number of hydrogen-bond acceptors (Lipinski definition) is 2. The molecule has 7 rings (SSSR count). The largest absolute Gasteiger partial charge is 0.304 e. The third kappa shape index (κ3) is 7.68. The van der Waals surface area contributed by atoms with E-state index in [1.165, 1.54) is 49.4 Å². The molecule has 0 saturated carbocycles. The molecule has 2 heterocycles. The molecule has 0 unspecified atom stereocenters. The second-order valence-electron chi connectivity index (χ2n) is 12.9. The van der Waals surface area contributed by atoms with Gasteiger partial charge in [-0.2, -0.15) is 0 Å². The SMILES string of the molecule is Cc1ccc(-c2[c-]cccc2)nc1.Cc1cnc(-c2[c-]cc(-c3cc4ccccc4c4ccccc34)cc2)cc1CC(C)(C)C.[Ir]. The average Bonchev–Trinajstić information content (AvgIpc) is 3.06. The minimum Gasteiger partial charge on any atom is -0.304 e. The fourth-order valence-electron chi connectivity index (χ4n) is 5.70. The van der Waals surface area contributed by atoms with E-state index < -0.39 is 0 Å². The molecular formula is C43H38IrN2-2. The maximum atomic E-state index is 4.70. The molecule has 0 aliphatic heterocycles. The molecule has 3 heteroatoms. The van der Waals surface area contributed by atoms with Crippen LogP contribution in [0, 0.1) is 31.4 Å². The van der Waals surface area contributed by atoms with Crippen LogP contribution in [0.25, 0.3) is 55.2 Å². The summed E-state index contributed by atoms with van der Waals surface area (Å²) in [6.45, 7) is 11.0. The molecule has 5 aromatic carbocycles. The molecule has 0 aliphatic rings. The van der Waals surface area contributed by atoms with Gasteiger partial charge < -0.3 is 9.97 Å². The predicted octanol–water partition coefficient (Wildman–Crippen LogP) is 11.3. The van der Waals surface area contributed by atoms with Crippen LogP contribution in [0.3, 0.4) is 0 Å². The van der Waals surface area contributed by atoms with Crippen LogP contribution in [0.15, 0.2) is 128 Å². The molecule has 46 heavy (non-hydrogen) atoms. The first-order valence-electron chi connectivity index (χ1n) is 15.5. The number of aromatic nitrogens is 2. The van der Waals surface area contributed by atoms with E-state index in [1.807, 2.05) is 49.6 Å². The van der Waals surface area contributed by atoms with Crippen molar-refractivity contribution >= 4 is 21.5 Å². The van der Waals surface area contributed by atoms with Crippen molar-refractivity contribution in [3.8, 4) is 33.6 Å². The first kappa shape index (κ1) is 32.9. The normalized spacial score (nSPS) is 11.1. The molecule has 2 aromatic heterocycles. The van der Waals surface area contributed by atoms with Gasteiger partial charge in [-0.15, -0.1) is 65.7 Å². The fourth-order valence-corrected chi connectivity index (χ4v) is 5.70. The van der Waals surface area contributed by atoms with Crippen LogP contribution in [-0.2, 0) is 26.5 Å². The number of nitrogens with zero attached hydrogens (tertiary/aromatic N) is 2. The Morgan fingerprint density at radius 3 is 2.00 bits per heavy atom. The van der Waals surface area contributed by atoms with E-state index in [0.29, 0.717) is 0 Å². The Balaban J connectivity index is 0.000000250. The maximum Gasteiger partial charge on any atom is 0.0192 e. The minimum absolute atomic E-state index is 0. The minimum atomic E-state index is 0. The van der Waals surface area contributed by atoms with Crippen molar-refractivity contribution < 1.29 is 20.1 Å². The maximum absolute atomic E-state index is 4.70. The Morgan fingerprint density at radius 1 is 0.630 bits per heavy atom. The van der Waals surface area contributed by atoms with Crippen LogP contribution in [0.4, 0.5) is 0 Å². The summed E-state index contributed by atoms with van der Waals surface area (Å²) in [4.78, 5) is 9.02. The number of pyridine rings is 2. The molecule has 0 aliphatic carbocycles. The van der Waals surface area contributed by atoms with Gasteiger partial charge in [0.1, 0.15) is 0 Å². The van der Waals surface area contributed by atoms with Crippen molar-refractivity contribution in [3.05, 3.63) is 156 Å². The summed E-state index contributed by atoms with van der Waals surface area (Å²) in [5.74, 6) is 0. The standard InChI is InChI=1S/C31H28N.C12H10N.Ir/c1-21-20-32-30(18-25(21)19-31(2,3)4)23-15-13-22(14-16-23)29-17-24-9-5-6-10-26(24)27-11-7-8-12-28(27)29;1-10-7-8-12(13-9-10)11-5-3-2-4-6-11;/h5-15,17-18,20H,19H2,1-4H3;2-5,7-9H,1H3;/q2*-1;. The van der Waals surface area contributed by atoms with Crippen LogP contribution in [0.5, 0.6) is 0 Å². The molecule has 0 atom stereocenters. The number of fused-ring (bicyclic) bond motifs is 3. The summed E-state index contributed by atoms with van der Waals surface area (Å²) in [6.07, 6.45) is 4.90. The van der Waals surface area contributed by atoms with E-state index in [-0.39, 0.29) is 25.5 Å².